The Hall–Kier alpha value is -1.57. The van der Waals surface area contributed by atoms with Crippen LogP contribution in [0.4, 0.5) is 5.82 Å². The quantitative estimate of drug-likeness (QED) is 0.747. The van der Waals surface area contributed by atoms with E-state index in [4.69, 9.17) is 5.73 Å². The summed E-state index contributed by atoms with van der Waals surface area (Å²) in [7, 11) is 0. The molecule has 15 heavy (non-hydrogen) atoms. The number of anilines is 1. The Morgan fingerprint density at radius 1 is 1.40 bits per heavy atom. The molecule has 0 amide bonds. The first-order valence-corrected chi connectivity index (χ1v) is 5.01. The fraction of sp³-hybridized carbons (Fsp3) is 0.308. The molecule has 0 aliphatic heterocycles. The third kappa shape index (κ3) is 2.27. The number of nitrogen functional groups attached to an aromatic ring is 1. The average molecular weight is 202 g/mol. The predicted molar refractivity (Wildman–Crippen MR) is 66.6 cm³/mol. The van der Waals surface area contributed by atoms with E-state index in [-0.39, 0.29) is 0 Å². The van der Waals surface area contributed by atoms with Gasteiger partial charge in [0.2, 0.25) is 0 Å². The van der Waals surface area contributed by atoms with Gasteiger partial charge in [0.05, 0.1) is 5.69 Å². The van der Waals surface area contributed by atoms with Crippen molar-refractivity contribution in [3.05, 3.63) is 41.1 Å². The van der Waals surface area contributed by atoms with E-state index in [2.05, 4.69) is 32.3 Å². The molecule has 1 heterocycles. The van der Waals surface area contributed by atoms with Crippen molar-refractivity contribution >= 4 is 11.4 Å². The van der Waals surface area contributed by atoms with E-state index >= 15 is 0 Å². The molecule has 0 spiro atoms. The highest BCUT2D eigenvalue weighted by Crippen LogP contribution is 2.24. The Morgan fingerprint density at radius 3 is 2.47 bits per heavy atom. The van der Waals surface area contributed by atoms with Crippen LogP contribution in [0.15, 0.2) is 24.3 Å². The number of pyridine rings is 1. The van der Waals surface area contributed by atoms with Gasteiger partial charge in [-0.15, -0.1) is 0 Å². The summed E-state index contributed by atoms with van der Waals surface area (Å²) in [6.45, 7) is 12.0. The van der Waals surface area contributed by atoms with Gasteiger partial charge in [0.15, 0.2) is 0 Å². The molecule has 0 aromatic carbocycles. The van der Waals surface area contributed by atoms with Crippen LogP contribution in [0.1, 0.15) is 30.7 Å². The van der Waals surface area contributed by atoms with E-state index in [0.717, 1.165) is 16.8 Å². The van der Waals surface area contributed by atoms with Crippen molar-refractivity contribution in [2.24, 2.45) is 0 Å². The molecule has 0 saturated heterocycles. The lowest BCUT2D eigenvalue weighted by molar-refractivity contribution is 1.18. The molecule has 0 unspecified atom stereocenters. The van der Waals surface area contributed by atoms with Gasteiger partial charge in [-0.2, -0.15) is 0 Å². The summed E-state index contributed by atoms with van der Waals surface area (Å²) < 4.78 is 0. The topological polar surface area (TPSA) is 38.9 Å². The van der Waals surface area contributed by atoms with Gasteiger partial charge < -0.3 is 5.73 Å². The van der Waals surface area contributed by atoms with Crippen LogP contribution in [0.3, 0.4) is 0 Å². The van der Waals surface area contributed by atoms with E-state index in [1.807, 2.05) is 19.1 Å². The van der Waals surface area contributed by atoms with Crippen LogP contribution in [-0.4, -0.2) is 4.98 Å². The molecule has 0 atom stereocenters. The molecule has 0 saturated carbocycles. The minimum absolute atomic E-state index is 0.564. The second-order valence-corrected chi connectivity index (χ2v) is 3.96. The number of rotatable bonds is 2. The Balaban J connectivity index is 3.50. The Morgan fingerprint density at radius 2 is 2.00 bits per heavy atom. The summed E-state index contributed by atoms with van der Waals surface area (Å²) in [5.41, 5.74) is 11.3. The molecule has 2 nitrogen and oxygen atoms in total. The van der Waals surface area contributed by atoms with Crippen molar-refractivity contribution < 1.29 is 0 Å². The summed E-state index contributed by atoms with van der Waals surface area (Å²) in [6, 6.07) is 1.89. The summed E-state index contributed by atoms with van der Waals surface area (Å²) >= 11 is 0. The monoisotopic (exact) mass is 202 g/mol. The molecule has 0 fully saturated rings. The fourth-order valence-corrected chi connectivity index (χ4v) is 1.56. The molecule has 0 radical (unpaired) electrons. The van der Waals surface area contributed by atoms with Crippen LogP contribution in [0.25, 0.3) is 5.57 Å². The van der Waals surface area contributed by atoms with E-state index in [0.29, 0.717) is 5.82 Å². The first-order chi connectivity index (χ1) is 6.97. The third-order valence-electron chi connectivity index (χ3n) is 2.55. The summed E-state index contributed by atoms with van der Waals surface area (Å²) in [6.07, 6.45) is 1.84. The largest absolute Gasteiger partial charge is 0.384 e. The highest BCUT2D eigenvalue weighted by atomic mass is 14.8. The van der Waals surface area contributed by atoms with Gasteiger partial charge in [-0.05, 0) is 50.5 Å². The molecule has 0 aliphatic rings. The maximum absolute atomic E-state index is 5.75. The Kier molecular flexibility index (Phi) is 3.30. The maximum atomic E-state index is 5.75. The lowest BCUT2D eigenvalue weighted by atomic mass is 10.00. The molecule has 0 aliphatic carbocycles. The van der Waals surface area contributed by atoms with Gasteiger partial charge in [0.1, 0.15) is 5.82 Å². The van der Waals surface area contributed by atoms with Crippen LogP contribution in [0.5, 0.6) is 0 Å². The molecule has 0 bridgehead atoms. The molecule has 1 rings (SSSR count). The number of nitrogens with two attached hydrogens (primary N) is 1. The van der Waals surface area contributed by atoms with E-state index in [1.165, 1.54) is 11.1 Å². The van der Waals surface area contributed by atoms with Crippen molar-refractivity contribution in [3.8, 4) is 0 Å². The minimum Gasteiger partial charge on any atom is -0.384 e. The second-order valence-electron chi connectivity index (χ2n) is 3.96. The SMILES string of the molecule is C=CC(=C(C)C)c1nc(N)cc(C)c1C. The van der Waals surface area contributed by atoms with Gasteiger partial charge in [-0.3, -0.25) is 0 Å². The standard InChI is InChI=1S/C13H18N2/c1-6-11(8(2)3)13-10(5)9(4)7-12(14)15-13/h6-7H,1H2,2-5H3,(H2,14,15). The first-order valence-electron chi connectivity index (χ1n) is 5.01. The molecular formula is C13H18N2. The summed E-state index contributed by atoms with van der Waals surface area (Å²) in [4.78, 5) is 4.37. The molecule has 2 heteroatoms. The van der Waals surface area contributed by atoms with Crippen LogP contribution in [0.2, 0.25) is 0 Å². The van der Waals surface area contributed by atoms with Gasteiger partial charge in [0, 0.05) is 0 Å². The van der Waals surface area contributed by atoms with Gasteiger partial charge in [-0.25, -0.2) is 4.98 Å². The number of hydrogen-bond acceptors (Lipinski definition) is 2. The molecule has 80 valence electrons. The zero-order chi connectivity index (χ0) is 11.6. The predicted octanol–water partition coefficient (Wildman–Crippen LogP) is 3.26. The van der Waals surface area contributed by atoms with E-state index in [1.54, 1.807) is 0 Å². The number of nitrogens with zero attached hydrogens (tertiary/aromatic N) is 1. The molecule has 1 aromatic rings. The maximum Gasteiger partial charge on any atom is 0.124 e. The van der Waals surface area contributed by atoms with Crippen molar-refractivity contribution in [2.75, 3.05) is 5.73 Å². The van der Waals surface area contributed by atoms with Crippen LogP contribution < -0.4 is 5.73 Å². The van der Waals surface area contributed by atoms with Crippen molar-refractivity contribution in [1.29, 1.82) is 0 Å². The zero-order valence-electron chi connectivity index (χ0n) is 9.89. The normalized spacial score (nSPS) is 9.87. The summed E-state index contributed by atoms with van der Waals surface area (Å²) in [5, 5.41) is 0. The van der Waals surface area contributed by atoms with E-state index < -0.39 is 0 Å². The zero-order valence-corrected chi connectivity index (χ0v) is 9.89. The average Bonchev–Trinajstić information content (AvgIpc) is 2.13. The lowest BCUT2D eigenvalue weighted by Gasteiger charge is -2.11. The van der Waals surface area contributed by atoms with Gasteiger partial charge in [-0.1, -0.05) is 18.2 Å². The van der Waals surface area contributed by atoms with E-state index in [9.17, 15) is 0 Å². The number of allylic oxidation sites excluding steroid dienone is 3. The minimum atomic E-state index is 0.564. The molecule has 2 N–H and O–H groups in total. The van der Waals surface area contributed by atoms with Crippen molar-refractivity contribution in [1.82, 2.24) is 4.98 Å². The Bertz CT molecular complexity index is 424. The molecular weight excluding hydrogens is 184 g/mol. The number of hydrogen-bond donors (Lipinski definition) is 1. The van der Waals surface area contributed by atoms with Crippen molar-refractivity contribution in [2.45, 2.75) is 27.7 Å². The van der Waals surface area contributed by atoms with Crippen LogP contribution >= 0.6 is 0 Å². The van der Waals surface area contributed by atoms with Crippen LogP contribution in [-0.2, 0) is 0 Å². The second kappa shape index (κ2) is 4.30. The van der Waals surface area contributed by atoms with Crippen molar-refractivity contribution in [3.63, 3.8) is 0 Å². The number of aryl methyl sites for hydroxylation is 1. The summed E-state index contributed by atoms with van der Waals surface area (Å²) in [5.74, 6) is 0.564. The highest BCUT2D eigenvalue weighted by molar-refractivity contribution is 5.76. The highest BCUT2D eigenvalue weighted by Gasteiger charge is 2.08. The van der Waals surface area contributed by atoms with Gasteiger partial charge >= 0.3 is 0 Å². The first kappa shape index (κ1) is 11.5. The third-order valence-corrected chi connectivity index (χ3v) is 2.55. The number of aromatic nitrogens is 1. The molecule has 1 aromatic heterocycles. The smallest absolute Gasteiger partial charge is 0.124 e. The van der Waals surface area contributed by atoms with Gasteiger partial charge in [0.25, 0.3) is 0 Å². The Labute approximate surface area is 91.5 Å². The van der Waals surface area contributed by atoms with Crippen LogP contribution in [0, 0.1) is 13.8 Å². The fourth-order valence-electron chi connectivity index (χ4n) is 1.56. The lowest BCUT2D eigenvalue weighted by Crippen LogP contribution is -2.00.